The number of nitriles is 1. The van der Waals surface area contributed by atoms with Crippen molar-refractivity contribution >= 4 is 21.8 Å². The summed E-state index contributed by atoms with van der Waals surface area (Å²) in [5.41, 5.74) is 1.09. The van der Waals surface area contributed by atoms with Crippen LogP contribution >= 0.6 is 15.9 Å². The fourth-order valence-corrected chi connectivity index (χ4v) is 2.40. The largest absolute Gasteiger partial charge is 0.333 e. The fourth-order valence-electron chi connectivity index (χ4n) is 1.98. The summed E-state index contributed by atoms with van der Waals surface area (Å²) in [5, 5.41) is 8.76. The van der Waals surface area contributed by atoms with Gasteiger partial charge in [0, 0.05) is 30.0 Å². The first kappa shape index (κ1) is 16.1. The third kappa shape index (κ3) is 4.12. The van der Waals surface area contributed by atoms with E-state index < -0.39 is 5.82 Å². The molecule has 6 heteroatoms. The molecule has 1 amide bonds. The second-order valence-corrected chi connectivity index (χ2v) is 5.47. The smallest absolute Gasteiger partial charge is 0.255 e. The van der Waals surface area contributed by atoms with E-state index in [0.717, 1.165) is 5.56 Å². The summed E-state index contributed by atoms with van der Waals surface area (Å²) in [6.07, 6.45) is 3.51. The van der Waals surface area contributed by atoms with E-state index in [9.17, 15) is 9.18 Å². The molecule has 0 bridgehead atoms. The Morgan fingerprint density at radius 1 is 1.41 bits per heavy atom. The minimum atomic E-state index is -0.479. The minimum absolute atomic E-state index is 0.207. The van der Waals surface area contributed by atoms with E-state index >= 15 is 0 Å². The van der Waals surface area contributed by atoms with Gasteiger partial charge in [-0.15, -0.1) is 0 Å². The van der Waals surface area contributed by atoms with Crippen LogP contribution in [0.3, 0.4) is 0 Å². The van der Waals surface area contributed by atoms with Gasteiger partial charge in [0.05, 0.1) is 18.1 Å². The number of rotatable bonds is 5. The molecule has 1 heterocycles. The molecule has 1 aromatic carbocycles. The van der Waals surface area contributed by atoms with Crippen molar-refractivity contribution < 1.29 is 9.18 Å². The first-order valence-electron chi connectivity index (χ1n) is 6.62. The van der Waals surface area contributed by atoms with E-state index in [1.54, 1.807) is 18.5 Å². The summed E-state index contributed by atoms with van der Waals surface area (Å²) < 4.78 is 13.9. The summed E-state index contributed by atoms with van der Waals surface area (Å²) in [7, 11) is 0. The first-order chi connectivity index (χ1) is 10.6. The lowest BCUT2D eigenvalue weighted by Crippen LogP contribution is -2.31. The molecule has 2 rings (SSSR count). The average Bonchev–Trinajstić information content (AvgIpc) is 2.54. The van der Waals surface area contributed by atoms with Crippen LogP contribution in [-0.2, 0) is 6.54 Å². The number of halogens is 2. The van der Waals surface area contributed by atoms with Gasteiger partial charge >= 0.3 is 0 Å². The maximum atomic E-state index is 13.4. The Morgan fingerprint density at radius 2 is 2.23 bits per heavy atom. The Bertz CT molecular complexity index is 700. The third-order valence-electron chi connectivity index (χ3n) is 3.04. The summed E-state index contributed by atoms with van der Waals surface area (Å²) in [5.74, 6) is -0.807. The summed E-state index contributed by atoms with van der Waals surface area (Å²) >= 11 is 3.26. The molecule has 0 saturated heterocycles. The van der Waals surface area contributed by atoms with Gasteiger partial charge in [0.25, 0.3) is 5.91 Å². The molecule has 0 aliphatic heterocycles. The van der Waals surface area contributed by atoms with Crippen LogP contribution < -0.4 is 0 Å². The van der Waals surface area contributed by atoms with Crippen LogP contribution in [0, 0.1) is 17.1 Å². The SMILES string of the molecule is N#CCCN(Cc1cccnc1)C(=O)c1cc(F)ccc1Br. The zero-order valence-corrected chi connectivity index (χ0v) is 13.3. The molecule has 1 aromatic heterocycles. The maximum Gasteiger partial charge on any atom is 0.255 e. The number of carbonyl (C=O) groups is 1. The quantitative estimate of drug-likeness (QED) is 0.818. The van der Waals surface area contributed by atoms with E-state index in [4.69, 9.17) is 5.26 Å². The number of amides is 1. The molecule has 2 aromatic rings. The minimum Gasteiger partial charge on any atom is -0.333 e. The number of hydrogen-bond donors (Lipinski definition) is 0. The molecule has 0 aliphatic rings. The maximum absolute atomic E-state index is 13.4. The van der Waals surface area contributed by atoms with E-state index in [-0.39, 0.29) is 24.4 Å². The van der Waals surface area contributed by atoms with Gasteiger partial charge in [0.2, 0.25) is 0 Å². The van der Waals surface area contributed by atoms with Gasteiger partial charge in [-0.3, -0.25) is 9.78 Å². The number of hydrogen-bond acceptors (Lipinski definition) is 3. The molecule has 0 N–H and O–H groups in total. The van der Waals surface area contributed by atoms with Crippen LogP contribution in [-0.4, -0.2) is 22.3 Å². The normalized spacial score (nSPS) is 10.0. The van der Waals surface area contributed by atoms with E-state index in [2.05, 4.69) is 20.9 Å². The van der Waals surface area contributed by atoms with Crippen molar-refractivity contribution in [3.63, 3.8) is 0 Å². The van der Waals surface area contributed by atoms with Crippen LogP contribution in [0.5, 0.6) is 0 Å². The van der Waals surface area contributed by atoms with Gasteiger partial charge in [-0.05, 0) is 45.8 Å². The predicted molar refractivity (Wildman–Crippen MR) is 83.3 cm³/mol. The Balaban J connectivity index is 2.26. The van der Waals surface area contributed by atoms with Gasteiger partial charge in [-0.25, -0.2) is 4.39 Å². The fraction of sp³-hybridized carbons (Fsp3) is 0.188. The molecule has 0 spiro atoms. The van der Waals surface area contributed by atoms with Crippen LogP contribution in [0.15, 0.2) is 47.2 Å². The van der Waals surface area contributed by atoms with Crippen molar-refractivity contribution in [2.75, 3.05) is 6.54 Å². The Kier molecular flexibility index (Phi) is 5.61. The highest BCUT2D eigenvalue weighted by atomic mass is 79.9. The molecule has 0 atom stereocenters. The monoisotopic (exact) mass is 361 g/mol. The number of benzene rings is 1. The van der Waals surface area contributed by atoms with Crippen molar-refractivity contribution in [1.82, 2.24) is 9.88 Å². The lowest BCUT2D eigenvalue weighted by Gasteiger charge is -2.22. The molecule has 0 radical (unpaired) electrons. The predicted octanol–water partition coefficient (Wildman–Crippen LogP) is 3.54. The zero-order chi connectivity index (χ0) is 15.9. The van der Waals surface area contributed by atoms with Crippen molar-refractivity contribution in [2.45, 2.75) is 13.0 Å². The van der Waals surface area contributed by atoms with Crippen LogP contribution in [0.25, 0.3) is 0 Å². The van der Waals surface area contributed by atoms with Crippen LogP contribution in [0.2, 0.25) is 0 Å². The van der Waals surface area contributed by atoms with E-state index in [1.807, 2.05) is 12.1 Å². The molecule has 0 saturated carbocycles. The number of nitrogens with zero attached hydrogens (tertiary/aromatic N) is 3. The molecule has 0 aliphatic carbocycles. The topological polar surface area (TPSA) is 57.0 Å². The van der Waals surface area contributed by atoms with Gasteiger partial charge in [0.1, 0.15) is 5.82 Å². The second-order valence-electron chi connectivity index (χ2n) is 4.62. The summed E-state index contributed by atoms with van der Waals surface area (Å²) in [4.78, 5) is 18.2. The van der Waals surface area contributed by atoms with Crippen molar-refractivity contribution in [1.29, 1.82) is 5.26 Å². The van der Waals surface area contributed by atoms with Crippen molar-refractivity contribution in [2.24, 2.45) is 0 Å². The summed E-state index contributed by atoms with van der Waals surface area (Å²) in [6.45, 7) is 0.588. The Hall–Kier alpha value is -2.26. The second kappa shape index (κ2) is 7.66. The van der Waals surface area contributed by atoms with Crippen molar-refractivity contribution in [3.8, 4) is 6.07 Å². The lowest BCUT2D eigenvalue weighted by atomic mass is 10.1. The highest BCUT2D eigenvalue weighted by Crippen LogP contribution is 2.20. The van der Waals surface area contributed by atoms with Gasteiger partial charge in [0.15, 0.2) is 0 Å². The molecule has 4 nitrogen and oxygen atoms in total. The van der Waals surface area contributed by atoms with E-state index in [0.29, 0.717) is 11.0 Å². The number of carbonyl (C=O) groups excluding carboxylic acids is 1. The standard InChI is InChI=1S/C16H13BrFN3O/c17-15-5-4-13(18)9-14(15)16(22)21(8-2-6-19)11-12-3-1-7-20-10-12/h1,3-5,7,9-10H,2,8,11H2. The Labute approximate surface area is 136 Å². The molecule has 0 fully saturated rings. The number of aromatic nitrogens is 1. The molecule has 22 heavy (non-hydrogen) atoms. The van der Waals surface area contributed by atoms with E-state index in [1.165, 1.54) is 23.1 Å². The number of pyridine rings is 1. The highest BCUT2D eigenvalue weighted by molar-refractivity contribution is 9.10. The molecular weight excluding hydrogens is 349 g/mol. The van der Waals surface area contributed by atoms with Crippen LogP contribution in [0.4, 0.5) is 4.39 Å². The van der Waals surface area contributed by atoms with Gasteiger partial charge < -0.3 is 4.90 Å². The average molecular weight is 362 g/mol. The van der Waals surface area contributed by atoms with Gasteiger partial charge in [-0.2, -0.15) is 5.26 Å². The zero-order valence-electron chi connectivity index (χ0n) is 11.7. The lowest BCUT2D eigenvalue weighted by molar-refractivity contribution is 0.0745. The highest BCUT2D eigenvalue weighted by Gasteiger charge is 2.19. The van der Waals surface area contributed by atoms with Gasteiger partial charge in [-0.1, -0.05) is 6.07 Å². The summed E-state index contributed by atoms with van der Waals surface area (Å²) in [6, 6.07) is 9.61. The third-order valence-corrected chi connectivity index (χ3v) is 3.73. The molecule has 0 unspecified atom stereocenters. The van der Waals surface area contributed by atoms with Crippen molar-refractivity contribution in [3.05, 3.63) is 64.1 Å². The molecular formula is C16H13BrFN3O. The molecule has 112 valence electrons. The van der Waals surface area contributed by atoms with Crippen LogP contribution in [0.1, 0.15) is 22.3 Å². The Morgan fingerprint density at radius 3 is 2.91 bits per heavy atom. The first-order valence-corrected chi connectivity index (χ1v) is 7.41.